The lowest BCUT2D eigenvalue weighted by Gasteiger charge is -2.43. The monoisotopic (exact) mass is 415 g/mol. The van der Waals surface area contributed by atoms with Crippen LogP contribution < -0.4 is 14.8 Å². The molecule has 8 heteroatoms. The third kappa shape index (κ3) is 3.95. The lowest BCUT2D eigenvalue weighted by molar-refractivity contribution is -0.144. The Balaban J connectivity index is 1.48. The first-order valence-electron chi connectivity index (χ1n) is 10.6. The molecule has 30 heavy (non-hydrogen) atoms. The largest absolute Gasteiger partial charge is 0.497 e. The topological polar surface area (TPSA) is 88.2 Å². The minimum absolute atomic E-state index is 0.0623. The number of nitrogens with zero attached hydrogens (tertiary/aromatic N) is 2. The lowest BCUT2D eigenvalue weighted by Crippen LogP contribution is -2.59. The van der Waals surface area contributed by atoms with E-state index < -0.39 is 5.60 Å². The number of fused-ring (bicyclic) bond motifs is 1. The van der Waals surface area contributed by atoms with Gasteiger partial charge in [0.15, 0.2) is 0 Å². The summed E-state index contributed by atoms with van der Waals surface area (Å²) in [6.45, 7) is 4.33. The first-order valence-corrected chi connectivity index (χ1v) is 10.6. The molecule has 1 aromatic rings. The van der Waals surface area contributed by atoms with Gasteiger partial charge in [0.05, 0.1) is 25.8 Å². The average molecular weight is 415 g/mol. The van der Waals surface area contributed by atoms with E-state index in [0.29, 0.717) is 62.6 Å². The summed E-state index contributed by atoms with van der Waals surface area (Å²) in [7, 11) is 1.56. The Labute approximate surface area is 176 Å². The fourth-order valence-electron chi connectivity index (χ4n) is 4.72. The second kappa shape index (κ2) is 8.16. The van der Waals surface area contributed by atoms with Gasteiger partial charge in [-0.25, -0.2) is 0 Å². The fourth-order valence-corrected chi connectivity index (χ4v) is 4.72. The Bertz CT molecular complexity index is 849. The number of piperidine rings is 2. The molecule has 3 aliphatic heterocycles. The maximum absolute atomic E-state index is 13.2. The molecular weight excluding hydrogens is 386 g/mol. The van der Waals surface area contributed by atoms with Crippen LogP contribution in [0.25, 0.3) is 0 Å². The molecule has 1 N–H and O–H groups in total. The Hall–Kier alpha value is -2.77. The highest BCUT2D eigenvalue weighted by molar-refractivity contribution is 5.97. The van der Waals surface area contributed by atoms with Crippen LogP contribution in [0.2, 0.25) is 0 Å². The van der Waals surface area contributed by atoms with Crippen molar-refractivity contribution >= 4 is 17.7 Å². The summed E-state index contributed by atoms with van der Waals surface area (Å²) in [5.41, 5.74) is -0.185. The van der Waals surface area contributed by atoms with E-state index in [1.54, 1.807) is 37.1 Å². The van der Waals surface area contributed by atoms with Crippen molar-refractivity contribution in [1.82, 2.24) is 15.1 Å². The van der Waals surface area contributed by atoms with Gasteiger partial charge in [0, 0.05) is 32.5 Å². The van der Waals surface area contributed by atoms with E-state index in [9.17, 15) is 14.4 Å². The third-order valence-corrected chi connectivity index (χ3v) is 6.47. The molecule has 2 saturated heterocycles. The number of carbonyl (C=O) groups is 3. The van der Waals surface area contributed by atoms with Gasteiger partial charge < -0.3 is 24.6 Å². The quantitative estimate of drug-likeness (QED) is 0.790. The van der Waals surface area contributed by atoms with Crippen LogP contribution in [0.1, 0.15) is 43.0 Å². The molecule has 0 bridgehead atoms. The van der Waals surface area contributed by atoms with Crippen LogP contribution in [0.4, 0.5) is 0 Å². The van der Waals surface area contributed by atoms with Crippen molar-refractivity contribution in [3.63, 3.8) is 0 Å². The van der Waals surface area contributed by atoms with Gasteiger partial charge in [-0.1, -0.05) is 0 Å². The van der Waals surface area contributed by atoms with E-state index in [2.05, 4.69) is 5.32 Å². The Morgan fingerprint density at radius 1 is 1.20 bits per heavy atom. The third-order valence-electron chi connectivity index (χ3n) is 6.47. The predicted molar refractivity (Wildman–Crippen MR) is 109 cm³/mol. The molecule has 3 amide bonds. The summed E-state index contributed by atoms with van der Waals surface area (Å²) in [5, 5.41) is 2.97. The molecule has 0 aromatic heterocycles. The van der Waals surface area contributed by atoms with E-state index in [0.717, 1.165) is 12.8 Å². The number of rotatable bonds is 2. The number of benzene rings is 1. The van der Waals surface area contributed by atoms with E-state index >= 15 is 0 Å². The van der Waals surface area contributed by atoms with Crippen LogP contribution in [-0.4, -0.2) is 73.0 Å². The normalized spacial score (nSPS) is 24.5. The molecule has 1 spiro atoms. The summed E-state index contributed by atoms with van der Waals surface area (Å²) in [5.74, 6) is 1.06. The Morgan fingerprint density at radius 2 is 1.97 bits per heavy atom. The number of ether oxygens (including phenoxy) is 2. The van der Waals surface area contributed by atoms with Crippen LogP contribution in [-0.2, 0) is 9.59 Å². The summed E-state index contributed by atoms with van der Waals surface area (Å²) >= 11 is 0. The van der Waals surface area contributed by atoms with Crippen molar-refractivity contribution in [3.8, 4) is 11.5 Å². The zero-order chi connectivity index (χ0) is 21.3. The number of hydrogen-bond donors (Lipinski definition) is 1. The number of likely N-dealkylation sites (tertiary alicyclic amines) is 2. The molecule has 162 valence electrons. The number of hydrogen-bond acceptors (Lipinski definition) is 5. The van der Waals surface area contributed by atoms with Crippen molar-refractivity contribution in [2.24, 2.45) is 5.92 Å². The van der Waals surface area contributed by atoms with Gasteiger partial charge >= 0.3 is 0 Å². The van der Waals surface area contributed by atoms with Crippen LogP contribution >= 0.6 is 0 Å². The van der Waals surface area contributed by atoms with Gasteiger partial charge in [0.1, 0.15) is 17.1 Å². The summed E-state index contributed by atoms with van der Waals surface area (Å²) < 4.78 is 11.6. The number of amides is 3. The van der Waals surface area contributed by atoms with Crippen molar-refractivity contribution in [3.05, 3.63) is 23.8 Å². The smallest absolute Gasteiger partial charge is 0.255 e. The van der Waals surface area contributed by atoms with Crippen LogP contribution in [0, 0.1) is 5.92 Å². The second-order valence-corrected chi connectivity index (χ2v) is 8.47. The Morgan fingerprint density at radius 3 is 2.67 bits per heavy atom. The average Bonchev–Trinajstić information content (AvgIpc) is 2.89. The van der Waals surface area contributed by atoms with E-state index in [4.69, 9.17) is 9.47 Å². The number of carbonyl (C=O) groups excluding carboxylic acids is 3. The van der Waals surface area contributed by atoms with Crippen LogP contribution in [0.5, 0.6) is 11.5 Å². The molecule has 4 rings (SSSR count). The van der Waals surface area contributed by atoms with Crippen LogP contribution in [0.15, 0.2) is 18.2 Å². The van der Waals surface area contributed by atoms with Crippen molar-refractivity contribution in [2.45, 2.75) is 38.2 Å². The minimum atomic E-state index is -0.635. The van der Waals surface area contributed by atoms with Crippen LogP contribution in [0.3, 0.4) is 0 Å². The predicted octanol–water partition coefficient (Wildman–Crippen LogP) is 1.44. The van der Waals surface area contributed by atoms with Gasteiger partial charge in [-0.2, -0.15) is 0 Å². The summed E-state index contributed by atoms with van der Waals surface area (Å²) in [6.07, 6.45) is 2.98. The van der Waals surface area contributed by atoms with Gasteiger partial charge in [0.25, 0.3) is 5.91 Å². The molecule has 3 aliphatic rings. The fraction of sp³-hybridized carbons (Fsp3) is 0.591. The number of methoxy groups -OCH3 is 1. The van der Waals surface area contributed by atoms with Gasteiger partial charge in [-0.3, -0.25) is 14.4 Å². The molecule has 0 saturated carbocycles. The number of nitrogens with one attached hydrogen (secondary N) is 1. The minimum Gasteiger partial charge on any atom is -0.497 e. The van der Waals surface area contributed by atoms with E-state index in [-0.39, 0.29) is 23.6 Å². The summed E-state index contributed by atoms with van der Waals surface area (Å²) in [4.78, 5) is 41.0. The van der Waals surface area contributed by atoms with Gasteiger partial charge in [0.2, 0.25) is 11.8 Å². The molecule has 1 unspecified atom stereocenters. The van der Waals surface area contributed by atoms with Gasteiger partial charge in [-0.05, 0) is 43.9 Å². The highest BCUT2D eigenvalue weighted by Gasteiger charge is 2.43. The maximum Gasteiger partial charge on any atom is 0.255 e. The molecule has 2 fully saturated rings. The first-order chi connectivity index (χ1) is 14.4. The standard InChI is InChI=1S/C22H29N3O5/c1-15(26)24-10-6-16(7-11-24)21(28)25-9-3-8-22(14-25)13-23-20(27)18-12-17(29-2)4-5-19(18)30-22/h4-5,12,16H,3,6-11,13-14H2,1-2H3,(H,23,27). The zero-order valence-corrected chi connectivity index (χ0v) is 17.6. The maximum atomic E-state index is 13.2. The highest BCUT2D eigenvalue weighted by Crippen LogP contribution is 2.34. The zero-order valence-electron chi connectivity index (χ0n) is 17.6. The second-order valence-electron chi connectivity index (χ2n) is 8.47. The molecule has 0 aliphatic carbocycles. The highest BCUT2D eigenvalue weighted by atomic mass is 16.5. The molecule has 8 nitrogen and oxygen atoms in total. The van der Waals surface area contributed by atoms with Crippen molar-refractivity contribution < 1.29 is 23.9 Å². The molecule has 1 atom stereocenters. The Kier molecular flexibility index (Phi) is 5.58. The molecular formula is C22H29N3O5. The molecule has 3 heterocycles. The van der Waals surface area contributed by atoms with E-state index in [1.807, 2.05) is 4.90 Å². The summed E-state index contributed by atoms with van der Waals surface area (Å²) in [6, 6.07) is 5.22. The first kappa shape index (κ1) is 20.5. The molecule has 0 radical (unpaired) electrons. The van der Waals surface area contributed by atoms with E-state index in [1.165, 1.54) is 0 Å². The van der Waals surface area contributed by atoms with Crippen molar-refractivity contribution in [1.29, 1.82) is 0 Å². The molecule has 1 aromatic carbocycles. The SMILES string of the molecule is COc1ccc2c(c1)C(=O)NCC1(CCCN(C(=O)C3CCN(C(C)=O)CC3)C1)O2. The van der Waals surface area contributed by atoms with Crippen molar-refractivity contribution in [2.75, 3.05) is 39.8 Å². The lowest BCUT2D eigenvalue weighted by atomic mass is 9.89. The van der Waals surface area contributed by atoms with Gasteiger partial charge in [-0.15, -0.1) is 0 Å².